The van der Waals surface area contributed by atoms with Crippen molar-refractivity contribution >= 4 is 39.1 Å². The monoisotopic (exact) mass is 333 g/mol. The van der Waals surface area contributed by atoms with E-state index in [9.17, 15) is 9.59 Å². The smallest absolute Gasteiger partial charge is 0.263 e. The second-order valence-electron chi connectivity index (χ2n) is 4.86. The molecular weight excluding hydrogens is 322 g/mol. The molecule has 1 amide bonds. The van der Waals surface area contributed by atoms with E-state index in [0.717, 1.165) is 16.0 Å². The number of nitrogens with zero attached hydrogens (tertiary/aromatic N) is 2. The van der Waals surface area contributed by atoms with Crippen molar-refractivity contribution in [3.05, 3.63) is 50.8 Å². The van der Waals surface area contributed by atoms with Gasteiger partial charge in [-0.05, 0) is 24.6 Å². The van der Waals surface area contributed by atoms with Crippen molar-refractivity contribution in [3.8, 4) is 11.1 Å². The normalized spacial score (nSPS) is 11.0. The van der Waals surface area contributed by atoms with E-state index < -0.39 is 5.91 Å². The van der Waals surface area contributed by atoms with Crippen LogP contribution in [0.4, 0.5) is 0 Å². The van der Waals surface area contributed by atoms with Crippen LogP contribution in [0.5, 0.6) is 0 Å². The van der Waals surface area contributed by atoms with Crippen molar-refractivity contribution in [3.63, 3.8) is 0 Å². The molecule has 7 heteroatoms. The van der Waals surface area contributed by atoms with E-state index in [4.69, 9.17) is 17.3 Å². The molecule has 0 bridgehead atoms. The maximum absolute atomic E-state index is 12.6. The number of nitrogens with two attached hydrogens (primary N) is 1. The molecule has 0 spiro atoms. The van der Waals surface area contributed by atoms with Gasteiger partial charge in [0.05, 0.1) is 11.7 Å². The molecule has 2 N–H and O–H groups in total. The fourth-order valence-electron chi connectivity index (χ4n) is 2.38. The van der Waals surface area contributed by atoms with Crippen LogP contribution in [0, 0.1) is 6.92 Å². The Labute approximate surface area is 135 Å². The third-order valence-corrected chi connectivity index (χ3v) is 4.58. The first kappa shape index (κ1) is 14.7. The van der Waals surface area contributed by atoms with Crippen molar-refractivity contribution in [1.82, 2.24) is 9.55 Å². The molecule has 2 aromatic heterocycles. The lowest BCUT2D eigenvalue weighted by atomic mass is 10.0. The lowest BCUT2D eigenvalue weighted by Crippen LogP contribution is -2.28. The third-order valence-electron chi connectivity index (χ3n) is 3.31. The fourth-order valence-corrected chi connectivity index (χ4v) is 3.51. The van der Waals surface area contributed by atoms with Gasteiger partial charge in [-0.15, -0.1) is 11.3 Å². The van der Waals surface area contributed by atoms with Crippen LogP contribution in [0.25, 0.3) is 21.3 Å². The van der Waals surface area contributed by atoms with Gasteiger partial charge in [-0.2, -0.15) is 0 Å². The largest absolute Gasteiger partial charge is 0.368 e. The van der Waals surface area contributed by atoms with Gasteiger partial charge in [0.2, 0.25) is 5.91 Å². The Balaban J connectivity index is 2.29. The topological polar surface area (TPSA) is 78.0 Å². The number of carbonyl (C=O) groups excluding carboxylic acids is 1. The number of fused-ring (bicyclic) bond motifs is 1. The van der Waals surface area contributed by atoms with E-state index in [2.05, 4.69) is 4.98 Å². The molecular formula is C15H12ClN3O2S. The Morgan fingerprint density at radius 1 is 1.36 bits per heavy atom. The van der Waals surface area contributed by atoms with Gasteiger partial charge in [-0.3, -0.25) is 14.2 Å². The van der Waals surface area contributed by atoms with Crippen molar-refractivity contribution < 1.29 is 4.79 Å². The number of hydrogen-bond donors (Lipinski definition) is 1. The summed E-state index contributed by atoms with van der Waals surface area (Å²) >= 11 is 7.36. The van der Waals surface area contributed by atoms with Crippen LogP contribution in [0.2, 0.25) is 5.02 Å². The minimum absolute atomic E-state index is 0.184. The molecule has 1 aromatic carbocycles. The second kappa shape index (κ2) is 5.55. The lowest BCUT2D eigenvalue weighted by Gasteiger charge is -2.05. The number of benzene rings is 1. The van der Waals surface area contributed by atoms with E-state index in [-0.39, 0.29) is 12.1 Å². The highest BCUT2D eigenvalue weighted by molar-refractivity contribution is 7.19. The number of hydrogen-bond acceptors (Lipinski definition) is 4. The Kier molecular flexibility index (Phi) is 3.72. The molecule has 0 aliphatic rings. The number of aromatic nitrogens is 2. The van der Waals surface area contributed by atoms with Gasteiger partial charge in [0, 0.05) is 15.5 Å². The molecule has 0 aliphatic heterocycles. The van der Waals surface area contributed by atoms with Gasteiger partial charge in [-0.25, -0.2) is 4.98 Å². The molecule has 3 rings (SSSR count). The molecule has 0 aliphatic carbocycles. The van der Waals surface area contributed by atoms with Gasteiger partial charge >= 0.3 is 0 Å². The number of rotatable bonds is 3. The predicted octanol–water partition coefficient (Wildman–Crippen LogP) is 2.57. The van der Waals surface area contributed by atoms with Crippen LogP contribution in [-0.4, -0.2) is 15.5 Å². The summed E-state index contributed by atoms with van der Waals surface area (Å²) in [6.07, 6.45) is 1.36. The molecule has 3 aromatic rings. The molecule has 0 fully saturated rings. The average molecular weight is 334 g/mol. The fraction of sp³-hybridized carbons (Fsp3) is 0.133. The van der Waals surface area contributed by atoms with Crippen LogP contribution in [0.15, 0.2) is 35.4 Å². The number of halogens is 1. The molecule has 0 atom stereocenters. The highest BCUT2D eigenvalue weighted by Gasteiger charge is 2.17. The van der Waals surface area contributed by atoms with E-state index in [1.807, 2.05) is 19.1 Å². The molecule has 0 radical (unpaired) electrons. The molecule has 0 saturated carbocycles. The predicted molar refractivity (Wildman–Crippen MR) is 88.3 cm³/mol. The quantitative estimate of drug-likeness (QED) is 0.800. The molecule has 0 saturated heterocycles. The van der Waals surface area contributed by atoms with E-state index in [1.165, 1.54) is 22.2 Å². The highest BCUT2D eigenvalue weighted by Crippen LogP contribution is 2.35. The van der Waals surface area contributed by atoms with E-state index >= 15 is 0 Å². The molecule has 112 valence electrons. The standard InChI is InChI=1S/C15H12ClN3O2S/c1-8-12(9-2-4-10(16)5-3-9)13-14(22-8)18-7-19(15(13)21)6-11(17)20/h2-5,7H,6H2,1H3,(H2,17,20). The number of carbonyl (C=O) groups is 1. The summed E-state index contributed by atoms with van der Waals surface area (Å²) < 4.78 is 1.23. The number of aryl methyl sites for hydroxylation is 1. The van der Waals surface area contributed by atoms with Crippen molar-refractivity contribution in [1.29, 1.82) is 0 Å². The van der Waals surface area contributed by atoms with Gasteiger partial charge in [0.25, 0.3) is 5.56 Å². The van der Waals surface area contributed by atoms with Crippen LogP contribution in [0.1, 0.15) is 4.88 Å². The minimum atomic E-state index is -0.580. The van der Waals surface area contributed by atoms with E-state index in [1.54, 1.807) is 12.1 Å². The summed E-state index contributed by atoms with van der Waals surface area (Å²) in [6.45, 7) is 1.75. The number of primary amides is 1. The first-order valence-corrected chi connectivity index (χ1v) is 7.69. The van der Waals surface area contributed by atoms with Gasteiger partial charge in [0.15, 0.2) is 0 Å². The van der Waals surface area contributed by atoms with Gasteiger partial charge in [0.1, 0.15) is 11.4 Å². The molecule has 22 heavy (non-hydrogen) atoms. The van der Waals surface area contributed by atoms with Crippen LogP contribution in [-0.2, 0) is 11.3 Å². The zero-order valence-corrected chi connectivity index (χ0v) is 13.2. The SMILES string of the molecule is Cc1sc2ncn(CC(N)=O)c(=O)c2c1-c1ccc(Cl)cc1. The lowest BCUT2D eigenvalue weighted by molar-refractivity contribution is -0.118. The zero-order chi connectivity index (χ0) is 15.9. The Hall–Kier alpha value is -2.18. The summed E-state index contributed by atoms with van der Waals surface area (Å²) in [6, 6.07) is 7.28. The number of thiophene rings is 1. The Morgan fingerprint density at radius 3 is 2.68 bits per heavy atom. The summed E-state index contributed by atoms with van der Waals surface area (Å²) in [5.41, 5.74) is 6.62. The van der Waals surface area contributed by atoms with E-state index in [0.29, 0.717) is 15.2 Å². The van der Waals surface area contributed by atoms with Gasteiger partial charge < -0.3 is 5.73 Å². The Morgan fingerprint density at radius 2 is 2.05 bits per heavy atom. The summed E-state index contributed by atoms with van der Waals surface area (Å²) in [5, 5.41) is 1.14. The maximum atomic E-state index is 12.6. The average Bonchev–Trinajstić information content (AvgIpc) is 2.80. The molecule has 5 nitrogen and oxygen atoms in total. The molecule has 2 heterocycles. The maximum Gasteiger partial charge on any atom is 0.263 e. The summed E-state index contributed by atoms with van der Waals surface area (Å²) in [7, 11) is 0. The minimum Gasteiger partial charge on any atom is -0.368 e. The van der Waals surface area contributed by atoms with Crippen molar-refractivity contribution in [2.45, 2.75) is 13.5 Å². The number of amides is 1. The molecule has 0 unspecified atom stereocenters. The van der Waals surface area contributed by atoms with Crippen molar-refractivity contribution in [2.24, 2.45) is 5.73 Å². The highest BCUT2D eigenvalue weighted by atomic mass is 35.5. The van der Waals surface area contributed by atoms with Crippen molar-refractivity contribution in [2.75, 3.05) is 0 Å². The summed E-state index contributed by atoms with van der Waals surface area (Å²) in [5.74, 6) is -0.580. The summed E-state index contributed by atoms with van der Waals surface area (Å²) in [4.78, 5) is 29.6. The third kappa shape index (κ3) is 2.51. The first-order chi connectivity index (χ1) is 10.5. The first-order valence-electron chi connectivity index (χ1n) is 6.50. The van der Waals surface area contributed by atoms with Gasteiger partial charge in [-0.1, -0.05) is 23.7 Å². The van der Waals surface area contributed by atoms with Crippen LogP contribution < -0.4 is 11.3 Å². The van der Waals surface area contributed by atoms with Crippen LogP contribution in [0.3, 0.4) is 0 Å². The second-order valence-corrected chi connectivity index (χ2v) is 6.50. The van der Waals surface area contributed by atoms with Crippen LogP contribution >= 0.6 is 22.9 Å². The Bertz CT molecular complexity index is 928. The zero-order valence-electron chi connectivity index (χ0n) is 11.7.